The van der Waals surface area contributed by atoms with Crippen molar-refractivity contribution in [2.75, 3.05) is 31.4 Å². The molecule has 0 bridgehead atoms. The molecule has 0 aliphatic carbocycles. The predicted octanol–water partition coefficient (Wildman–Crippen LogP) is 2.97. The van der Waals surface area contributed by atoms with Gasteiger partial charge < -0.3 is 14.6 Å². The first-order valence-corrected chi connectivity index (χ1v) is 10.1. The van der Waals surface area contributed by atoms with Gasteiger partial charge in [0.05, 0.1) is 21.7 Å². The number of anilines is 3. The summed E-state index contributed by atoms with van der Waals surface area (Å²) in [4.78, 5) is 11.3. The number of nitrogens with zero attached hydrogens (tertiary/aromatic N) is 4. The number of hydrogen-bond acceptors (Lipinski definition) is 7. The summed E-state index contributed by atoms with van der Waals surface area (Å²) in [5, 5.41) is 11.3. The monoisotopic (exact) mass is 411 g/mol. The average molecular weight is 411 g/mol. The maximum Gasteiger partial charge on any atom is 0.186 e. The predicted molar refractivity (Wildman–Crippen MR) is 114 cm³/mol. The van der Waals surface area contributed by atoms with Crippen LogP contribution in [0.2, 0.25) is 0 Å². The van der Waals surface area contributed by atoms with Gasteiger partial charge in [0.2, 0.25) is 0 Å². The summed E-state index contributed by atoms with van der Waals surface area (Å²) in [6, 6.07) is 9.35. The Morgan fingerprint density at radius 3 is 2.69 bits per heavy atom. The van der Waals surface area contributed by atoms with E-state index < -0.39 is 11.0 Å². The van der Waals surface area contributed by atoms with E-state index in [-0.39, 0.29) is 0 Å². The fraction of sp³-hybridized carbons (Fsp3) is 0.211. The third kappa shape index (κ3) is 3.59. The van der Waals surface area contributed by atoms with Crippen LogP contribution >= 0.6 is 0 Å². The van der Waals surface area contributed by atoms with E-state index in [2.05, 4.69) is 30.2 Å². The van der Waals surface area contributed by atoms with Crippen molar-refractivity contribution >= 4 is 39.2 Å². The van der Waals surface area contributed by atoms with Gasteiger partial charge in [-0.1, -0.05) is 0 Å². The van der Waals surface area contributed by atoms with Crippen LogP contribution in [0.3, 0.4) is 0 Å². The lowest BCUT2D eigenvalue weighted by Gasteiger charge is -2.19. The quantitative estimate of drug-likeness (QED) is 0.447. The van der Waals surface area contributed by atoms with Crippen molar-refractivity contribution in [3.05, 3.63) is 42.4 Å². The summed E-state index contributed by atoms with van der Waals surface area (Å²) >= 11 is 0. The smallest absolute Gasteiger partial charge is 0.186 e. The van der Waals surface area contributed by atoms with Gasteiger partial charge in [-0.15, -0.1) is 0 Å². The van der Waals surface area contributed by atoms with E-state index in [1.54, 1.807) is 7.05 Å². The first kappa shape index (κ1) is 19.1. The Labute approximate surface area is 170 Å². The maximum atomic E-state index is 12.2. The van der Waals surface area contributed by atoms with Gasteiger partial charge in [0.15, 0.2) is 11.4 Å². The zero-order valence-corrected chi connectivity index (χ0v) is 17.3. The molecule has 0 saturated heterocycles. The number of H-pyrrole nitrogens is 1. The molecule has 0 saturated carbocycles. The molecular formula is C19H21N7O2S. The van der Waals surface area contributed by atoms with Crippen molar-refractivity contribution in [2.24, 2.45) is 0 Å². The van der Waals surface area contributed by atoms with E-state index in [1.807, 2.05) is 56.3 Å². The van der Waals surface area contributed by atoms with Gasteiger partial charge in [0.1, 0.15) is 34.6 Å². The van der Waals surface area contributed by atoms with Gasteiger partial charge in [0.25, 0.3) is 0 Å². The molecule has 4 rings (SSSR count). The molecule has 1 aromatic carbocycles. The van der Waals surface area contributed by atoms with Gasteiger partial charge >= 0.3 is 0 Å². The molecular weight excluding hydrogens is 390 g/mol. The number of aromatic nitrogens is 4. The third-order valence-corrected chi connectivity index (χ3v) is 5.49. The average Bonchev–Trinajstić information content (AvgIpc) is 3.33. The van der Waals surface area contributed by atoms with Crippen LogP contribution in [0.15, 0.2) is 46.0 Å². The number of hydrogen-bond donors (Lipinski definition) is 3. The number of aryl methyl sites for hydroxylation is 1. The van der Waals surface area contributed by atoms with E-state index in [4.69, 9.17) is 4.42 Å². The van der Waals surface area contributed by atoms with Gasteiger partial charge in [-0.2, -0.15) is 5.10 Å². The molecule has 3 heterocycles. The Balaban J connectivity index is 1.84. The van der Waals surface area contributed by atoms with Gasteiger partial charge in [-0.25, -0.2) is 18.9 Å². The summed E-state index contributed by atoms with van der Waals surface area (Å²) < 4.78 is 20.7. The minimum Gasteiger partial charge on any atom is -0.460 e. The summed E-state index contributed by atoms with van der Waals surface area (Å²) in [7, 11) is 4.24. The van der Waals surface area contributed by atoms with Gasteiger partial charge in [-0.3, -0.25) is 5.10 Å². The summed E-state index contributed by atoms with van der Waals surface area (Å²) in [6.45, 7) is 1.88. The molecule has 10 heteroatoms. The van der Waals surface area contributed by atoms with Gasteiger partial charge in [-0.05, 0) is 44.3 Å². The standard InChI is InChI=1S/C19H21N7O2S/c1-11-5-8-15(28-11)17-16-18(21-10-22-19(16)25-24-17)23-13-9-12(29(27)20-2)6-7-14(13)26(3)4/h5-10,20H,1-4H3,(H2,21,22,23,24,25). The summed E-state index contributed by atoms with van der Waals surface area (Å²) in [5.74, 6) is 2.02. The number of benzene rings is 1. The number of aromatic amines is 1. The second kappa shape index (κ2) is 7.64. The van der Waals surface area contributed by atoms with E-state index >= 15 is 0 Å². The molecule has 3 N–H and O–H groups in total. The Morgan fingerprint density at radius 1 is 1.17 bits per heavy atom. The molecule has 0 spiro atoms. The number of rotatable bonds is 6. The van der Waals surface area contributed by atoms with Crippen LogP contribution < -0.4 is 14.9 Å². The molecule has 4 aromatic rings. The largest absolute Gasteiger partial charge is 0.460 e. The summed E-state index contributed by atoms with van der Waals surface area (Å²) in [6.07, 6.45) is 1.45. The normalized spacial score (nSPS) is 12.3. The first-order valence-electron chi connectivity index (χ1n) is 8.91. The van der Waals surface area contributed by atoms with Crippen LogP contribution in [-0.2, 0) is 11.0 Å². The summed E-state index contributed by atoms with van der Waals surface area (Å²) in [5.41, 5.74) is 2.90. The Kier molecular flexibility index (Phi) is 5.03. The molecule has 1 unspecified atom stereocenters. The topological polar surface area (TPSA) is 112 Å². The van der Waals surface area contributed by atoms with Gasteiger partial charge in [0, 0.05) is 14.1 Å². The molecule has 150 valence electrons. The lowest BCUT2D eigenvalue weighted by molar-refractivity contribution is 0.546. The van der Waals surface area contributed by atoms with Crippen molar-refractivity contribution < 1.29 is 8.63 Å². The molecule has 3 aromatic heterocycles. The number of nitrogens with one attached hydrogen (secondary N) is 3. The van der Waals surface area contributed by atoms with E-state index in [1.165, 1.54) is 6.33 Å². The van der Waals surface area contributed by atoms with Crippen molar-refractivity contribution in [1.82, 2.24) is 24.9 Å². The van der Waals surface area contributed by atoms with Crippen molar-refractivity contribution in [2.45, 2.75) is 11.8 Å². The Bertz CT molecular complexity index is 1200. The van der Waals surface area contributed by atoms with Crippen LogP contribution in [0.1, 0.15) is 5.76 Å². The van der Waals surface area contributed by atoms with Crippen LogP contribution in [0, 0.1) is 6.92 Å². The zero-order valence-electron chi connectivity index (χ0n) is 16.5. The molecule has 0 radical (unpaired) electrons. The highest BCUT2D eigenvalue weighted by Crippen LogP contribution is 2.35. The van der Waals surface area contributed by atoms with E-state index in [0.717, 1.165) is 17.1 Å². The Hall–Kier alpha value is -3.24. The van der Waals surface area contributed by atoms with Crippen LogP contribution in [0.25, 0.3) is 22.5 Å². The highest BCUT2D eigenvalue weighted by atomic mass is 32.2. The third-order valence-electron chi connectivity index (χ3n) is 4.44. The van der Waals surface area contributed by atoms with Crippen LogP contribution in [0.4, 0.5) is 17.2 Å². The van der Waals surface area contributed by atoms with Crippen molar-refractivity contribution in [3.63, 3.8) is 0 Å². The highest BCUT2D eigenvalue weighted by molar-refractivity contribution is 7.83. The second-order valence-corrected chi connectivity index (χ2v) is 8.02. The molecule has 1 atom stereocenters. The zero-order chi connectivity index (χ0) is 20.5. The highest BCUT2D eigenvalue weighted by Gasteiger charge is 2.18. The first-order chi connectivity index (χ1) is 14.0. The van der Waals surface area contributed by atoms with Crippen LogP contribution in [0.5, 0.6) is 0 Å². The molecule has 0 amide bonds. The molecule has 0 aliphatic rings. The fourth-order valence-corrected chi connectivity index (χ4v) is 3.72. The fourth-order valence-electron chi connectivity index (χ4n) is 3.06. The minimum absolute atomic E-state index is 0.521. The number of fused-ring (bicyclic) bond motifs is 1. The second-order valence-electron chi connectivity index (χ2n) is 6.60. The van der Waals surface area contributed by atoms with Crippen molar-refractivity contribution in [3.8, 4) is 11.5 Å². The van der Waals surface area contributed by atoms with Crippen molar-refractivity contribution in [1.29, 1.82) is 0 Å². The van der Waals surface area contributed by atoms with Crippen LogP contribution in [-0.4, -0.2) is 45.5 Å². The Morgan fingerprint density at radius 2 is 2.00 bits per heavy atom. The SMILES string of the molecule is CNS(=O)c1ccc(N(C)C)c(Nc2ncnc3n[nH]c(-c4ccc(C)o4)c23)c1. The van der Waals surface area contributed by atoms with E-state index in [9.17, 15) is 4.21 Å². The lowest BCUT2D eigenvalue weighted by atomic mass is 10.2. The molecule has 29 heavy (non-hydrogen) atoms. The molecule has 0 aliphatic heterocycles. The minimum atomic E-state index is -1.31. The molecule has 0 fully saturated rings. The number of furan rings is 1. The maximum absolute atomic E-state index is 12.2. The van der Waals surface area contributed by atoms with E-state index in [0.29, 0.717) is 33.2 Å². The lowest BCUT2D eigenvalue weighted by Crippen LogP contribution is -2.14. The molecule has 9 nitrogen and oxygen atoms in total.